The van der Waals surface area contributed by atoms with Gasteiger partial charge in [0, 0.05) is 0 Å². The first-order valence-corrected chi connectivity index (χ1v) is 5.72. The van der Waals surface area contributed by atoms with Gasteiger partial charge in [-0.2, -0.15) is 0 Å². The van der Waals surface area contributed by atoms with E-state index in [1.807, 2.05) is 31.2 Å². The number of nitrogens with two attached hydrogens (primary N) is 1. The van der Waals surface area contributed by atoms with Crippen molar-refractivity contribution in [3.05, 3.63) is 29.8 Å². The molecular weight excluding hydrogens is 218 g/mol. The summed E-state index contributed by atoms with van der Waals surface area (Å²) in [7, 11) is 1.35. The summed E-state index contributed by atoms with van der Waals surface area (Å²) in [5.74, 6) is 0.490. The summed E-state index contributed by atoms with van der Waals surface area (Å²) in [6, 6.07) is 7.25. The van der Waals surface area contributed by atoms with Crippen LogP contribution in [0.15, 0.2) is 24.3 Å². The van der Waals surface area contributed by atoms with Gasteiger partial charge in [-0.3, -0.25) is 4.79 Å². The van der Waals surface area contributed by atoms with Crippen molar-refractivity contribution >= 4 is 5.97 Å². The van der Waals surface area contributed by atoms with Crippen LogP contribution in [0.5, 0.6) is 5.75 Å². The molecule has 0 aromatic heterocycles. The van der Waals surface area contributed by atoms with E-state index in [2.05, 4.69) is 4.74 Å². The molecule has 0 amide bonds. The van der Waals surface area contributed by atoms with E-state index >= 15 is 0 Å². The number of methoxy groups -OCH3 is 1. The molecule has 94 valence electrons. The van der Waals surface area contributed by atoms with E-state index in [0.29, 0.717) is 13.0 Å². The zero-order valence-electron chi connectivity index (χ0n) is 10.3. The van der Waals surface area contributed by atoms with Crippen LogP contribution in [0.3, 0.4) is 0 Å². The number of hydrogen-bond donors (Lipinski definition) is 1. The van der Waals surface area contributed by atoms with Crippen molar-refractivity contribution in [1.82, 2.24) is 0 Å². The second-order valence-electron chi connectivity index (χ2n) is 3.75. The summed E-state index contributed by atoms with van der Waals surface area (Å²) in [5, 5.41) is 0. The number of carbonyl (C=O) groups excluding carboxylic acids is 1. The SMILES string of the molecule is CCOc1ccc(CCC(N)C(=O)OC)cc1. The molecule has 1 aromatic rings. The van der Waals surface area contributed by atoms with Crippen molar-refractivity contribution in [3.8, 4) is 5.75 Å². The van der Waals surface area contributed by atoms with Gasteiger partial charge in [-0.15, -0.1) is 0 Å². The molecule has 0 aliphatic rings. The normalized spacial score (nSPS) is 11.9. The van der Waals surface area contributed by atoms with Crippen molar-refractivity contribution in [3.63, 3.8) is 0 Å². The summed E-state index contributed by atoms with van der Waals surface area (Å²) in [6.07, 6.45) is 1.34. The van der Waals surface area contributed by atoms with Crippen LogP contribution in [0.1, 0.15) is 18.9 Å². The number of ether oxygens (including phenoxy) is 2. The maximum Gasteiger partial charge on any atom is 0.322 e. The fourth-order valence-electron chi connectivity index (χ4n) is 1.51. The van der Waals surface area contributed by atoms with Gasteiger partial charge in [0.2, 0.25) is 0 Å². The summed E-state index contributed by atoms with van der Waals surface area (Å²) in [6.45, 7) is 2.61. The largest absolute Gasteiger partial charge is 0.494 e. The Kier molecular flexibility index (Phi) is 5.49. The topological polar surface area (TPSA) is 61.5 Å². The molecular formula is C13H19NO3. The monoisotopic (exact) mass is 237 g/mol. The fourth-order valence-corrected chi connectivity index (χ4v) is 1.51. The second kappa shape index (κ2) is 6.91. The first-order valence-electron chi connectivity index (χ1n) is 5.72. The highest BCUT2D eigenvalue weighted by Crippen LogP contribution is 2.13. The number of carbonyl (C=O) groups is 1. The van der Waals surface area contributed by atoms with Crippen molar-refractivity contribution in [1.29, 1.82) is 0 Å². The smallest absolute Gasteiger partial charge is 0.322 e. The van der Waals surface area contributed by atoms with Crippen LogP contribution in [0.25, 0.3) is 0 Å². The van der Waals surface area contributed by atoms with Gasteiger partial charge >= 0.3 is 5.97 Å². The molecule has 17 heavy (non-hydrogen) atoms. The van der Waals surface area contributed by atoms with Gasteiger partial charge in [-0.1, -0.05) is 12.1 Å². The number of rotatable bonds is 6. The average Bonchev–Trinajstić information content (AvgIpc) is 2.37. The lowest BCUT2D eigenvalue weighted by Crippen LogP contribution is -2.31. The highest BCUT2D eigenvalue weighted by molar-refractivity contribution is 5.75. The lowest BCUT2D eigenvalue weighted by Gasteiger charge is -2.09. The predicted molar refractivity (Wildman–Crippen MR) is 65.9 cm³/mol. The highest BCUT2D eigenvalue weighted by atomic mass is 16.5. The minimum atomic E-state index is -0.549. The summed E-state index contributed by atoms with van der Waals surface area (Å²) in [4.78, 5) is 11.1. The van der Waals surface area contributed by atoms with Crippen molar-refractivity contribution < 1.29 is 14.3 Å². The quantitative estimate of drug-likeness (QED) is 0.762. The van der Waals surface area contributed by atoms with Gasteiger partial charge in [0.05, 0.1) is 13.7 Å². The number of esters is 1. The molecule has 0 saturated carbocycles. The zero-order valence-corrected chi connectivity index (χ0v) is 10.3. The molecule has 1 aromatic carbocycles. The molecule has 0 saturated heterocycles. The molecule has 4 nitrogen and oxygen atoms in total. The minimum Gasteiger partial charge on any atom is -0.494 e. The maximum absolute atomic E-state index is 11.1. The van der Waals surface area contributed by atoms with Gasteiger partial charge in [0.15, 0.2) is 0 Å². The van der Waals surface area contributed by atoms with Gasteiger partial charge in [0.1, 0.15) is 11.8 Å². The molecule has 0 spiro atoms. The Balaban J connectivity index is 2.44. The molecule has 1 rings (SSSR count). The van der Waals surface area contributed by atoms with Crippen molar-refractivity contribution in [2.45, 2.75) is 25.8 Å². The van der Waals surface area contributed by atoms with Gasteiger partial charge in [0.25, 0.3) is 0 Å². The molecule has 0 fully saturated rings. The van der Waals surface area contributed by atoms with E-state index in [9.17, 15) is 4.79 Å². The standard InChI is InChI=1S/C13H19NO3/c1-3-17-11-7-4-10(5-8-11)6-9-12(14)13(15)16-2/h4-5,7-8,12H,3,6,9,14H2,1-2H3. The zero-order chi connectivity index (χ0) is 12.7. The Morgan fingerprint density at radius 3 is 2.53 bits per heavy atom. The molecule has 0 aliphatic heterocycles. The molecule has 4 heteroatoms. The summed E-state index contributed by atoms with van der Waals surface area (Å²) >= 11 is 0. The lowest BCUT2D eigenvalue weighted by molar-refractivity contribution is -0.142. The maximum atomic E-state index is 11.1. The Morgan fingerprint density at radius 2 is 2.00 bits per heavy atom. The molecule has 1 unspecified atom stereocenters. The van der Waals surface area contributed by atoms with Crippen LogP contribution >= 0.6 is 0 Å². The summed E-state index contributed by atoms with van der Waals surface area (Å²) in [5.41, 5.74) is 6.79. The average molecular weight is 237 g/mol. The Labute approximate surface area is 102 Å². The third kappa shape index (κ3) is 4.44. The number of benzene rings is 1. The fraction of sp³-hybridized carbons (Fsp3) is 0.462. The molecule has 0 aliphatic carbocycles. The van der Waals surface area contributed by atoms with Crippen LogP contribution in [-0.4, -0.2) is 25.7 Å². The van der Waals surface area contributed by atoms with Gasteiger partial charge < -0.3 is 15.2 Å². The van der Waals surface area contributed by atoms with Crippen LogP contribution < -0.4 is 10.5 Å². The molecule has 0 radical (unpaired) electrons. The first-order chi connectivity index (χ1) is 8.17. The second-order valence-corrected chi connectivity index (χ2v) is 3.75. The first kappa shape index (κ1) is 13.5. The Hall–Kier alpha value is -1.55. The Bertz CT molecular complexity index is 348. The third-order valence-electron chi connectivity index (χ3n) is 2.48. The minimum absolute atomic E-state index is 0.365. The van der Waals surface area contributed by atoms with Crippen LogP contribution in [0, 0.1) is 0 Å². The van der Waals surface area contributed by atoms with Crippen molar-refractivity contribution in [2.75, 3.05) is 13.7 Å². The van der Waals surface area contributed by atoms with Crippen LogP contribution in [0.4, 0.5) is 0 Å². The van der Waals surface area contributed by atoms with Gasteiger partial charge in [-0.05, 0) is 37.5 Å². The summed E-state index contributed by atoms with van der Waals surface area (Å²) < 4.78 is 9.91. The van der Waals surface area contributed by atoms with E-state index in [4.69, 9.17) is 10.5 Å². The third-order valence-corrected chi connectivity index (χ3v) is 2.48. The Morgan fingerprint density at radius 1 is 1.35 bits per heavy atom. The van der Waals surface area contributed by atoms with E-state index in [0.717, 1.165) is 17.7 Å². The van der Waals surface area contributed by atoms with Crippen molar-refractivity contribution in [2.24, 2.45) is 5.73 Å². The lowest BCUT2D eigenvalue weighted by atomic mass is 10.1. The van der Waals surface area contributed by atoms with Crippen LogP contribution in [0.2, 0.25) is 0 Å². The van der Waals surface area contributed by atoms with E-state index < -0.39 is 6.04 Å². The molecule has 2 N–H and O–H groups in total. The molecule has 0 bridgehead atoms. The number of aryl methyl sites for hydroxylation is 1. The molecule has 0 heterocycles. The van der Waals surface area contributed by atoms with E-state index in [-0.39, 0.29) is 5.97 Å². The highest BCUT2D eigenvalue weighted by Gasteiger charge is 2.12. The van der Waals surface area contributed by atoms with Gasteiger partial charge in [-0.25, -0.2) is 0 Å². The number of hydrogen-bond acceptors (Lipinski definition) is 4. The molecule has 1 atom stereocenters. The van der Waals surface area contributed by atoms with Crippen LogP contribution in [-0.2, 0) is 16.0 Å². The van der Waals surface area contributed by atoms with E-state index in [1.165, 1.54) is 7.11 Å². The predicted octanol–water partition coefficient (Wildman–Crippen LogP) is 1.52. The van der Waals surface area contributed by atoms with E-state index in [1.54, 1.807) is 0 Å².